The topological polar surface area (TPSA) is 207 Å². The SMILES string of the molecule is O=c1[nH]cc(N(CCCl)CCCl)c(=O)[nH]1.O=c1[nH]cc(N(CCCl)CCCl)c(=O)[nH]1.O=c1[nH]cc(N(CCCl)CCCl)c(=O)[nH]1. The van der Waals surface area contributed by atoms with Crippen molar-refractivity contribution in [3.8, 4) is 0 Å². The van der Waals surface area contributed by atoms with Gasteiger partial charge in [-0.25, -0.2) is 14.4 Å². The molecular weight excluding hydrogens is 723 g/mol. The van der Waals surface area contributed by atoms with Crippen LogP contribution in [0.15, 0.2) is 47.4 Å². The van der Waals surface area contributed by atoms with Gasteiger partial charge >= 0.3 is 17.1 Å². The third-order valence-corrected chi connectivity index (χ3v) is 6.56. The molecule has 3 aromatic rings. The van der Waals surface area contributed by atoms with Gasteiger partial charge < -0.3 is 29.7 Å². The van der Waals surface area contributed by atoms with E-state index < -0.39 is 33.7 Å². The van der Waals surface area contributed by atoms with Gasteiger partial charge in [-0.05, 0) is 0 Å². The lowest BCUT2D eigenvalue weighted by atomic mass is 10.4. The van der Waals surface area contributed by atoms with Crippen LogP contribution in [0.3, 0.4) is 0 Å². The van der Waals surface area contributed by atoms with Crippen LogP contribution in [0.1, 0.15) is 0 Å². The van der Waals surface area contributed by atoms with Crippen molar-refractivity contribution in [2.24, 2.45) is 0 Å². The highest BCUT2D eigenvalue weighted by Crippen LogP contribution is 2.06. The first-order valence-electron chi connectivity index (χ1n) is 13.1. The van der Waals surface area contributed by atoms with Gasteiger partial charge in [-0.2, -0.15) is 0 Å². The molecule has 252 valence electrons. The highest BCUT2D eigenvalue weighted by molar-refractivity contribution is 6.19. The summed E-state index contributed by atoms with van der Waals surface area (Å²) in [4.78, 5) is 85.5. The molecule has 0 fully saturated rings. The molecule has 15 nitrogen and oxygen atoms in total. The van der Waals surface area contributed by atoms with Crippen LogP contribution < -0.4 is 48.4 Å². The summed E-state index contributed by atoms with van der Waals surface area (Å²) in [5.74, 6) is 2.31. The molecule has 0 atom stereocenters. The number of aromatic amines is 6. The fourth-order valence-corrected chi connectivity index (χ4v) is 4.81. The smallest absolute Gasteiger partial charge is 0.325 e. The largest absolute Gasteiger partial charge is 0.364 e. The summed E-state index contributed by atoms with van der Waals surface area (Å²) >= 11 is 33.6. The lowest BCUT2D eigenvalue weighted by Gasteiger charge is -2.20. The number of nitrogens with zero attached hydrogens (tertiary/aromatic N) is 3. The molecule has 0 unspecified atom stereocenters. The fourth-order valence-electron chi connectivity index (χ4n) is 3.58. The number of nitrogens with one attached hydrogen (secondary N) is 6. The number of halogens is 6. The number of anilines is 3. The maximum absolute atomic E-state index is 11.4. The number of hydrogen-bond acceptors (Lipinski definition) is 9. The van der Waals surface area contributed by atoms with Crippen LogP contribution in [0.5, 0.6) is 0 Å². The highest BCUT2D eigenvalue weighted by Gasteiger charge is 2.11. The van der Waals surface area contributed by atoms with E-state index in [0.717, 1.165) is 0 Å². The first-order valence-corrected chi connectivity index (χ1v) is 16.3. The number of H-pyrrole nitrogens is 6. The molecule has 0 aliphatic heterocycles. The molecule has 0 aromatic carbocycles. The van der Waals surface area contributed by atoms with Crippen LogP contribution in [0, 0.1) is 0 Å². The third kappa shape index (κ3) is 14.4. The molecule has 0 bridgehead atoms. The molecule has 0 saturated carbocycles. The highest BCUT2D eigenvalue weighted by atomic mass is 35.5. The zero-order valence-electron chi connectivity index (χ0n) is 23.8. The van der Waals surface area contributed by atoms with Crippen molar-refractivity contribution in [2.75, 3.05) is 89.2 Å². The van der Waals surface area contributed by atoms with Crippen LogP contribution in [-0.2, 0) is 0 Å². The Balaban J connectivity index is 0.000000337. The Hall–Kier alpha value is -2.82. The van der Waals surface area contributed by atoms with Gasteiger partial charge in [-0.1, -0.05) is 0 Å². The molecule has 0 aliphatic rings. The Labute approximate surface area is 285 Å². The van der Waals surface area contributed by atoms with Gasteiger partial charge in [0.2, 0.25) is 0 Å². The number of rotatable bonds is 15. The summed E-state index contributed by atoms with van der Waals surface area (Å²) < 4.78 is 0. The molecule has 3 aromatic heterocycles. The van der Waals surface area contributed by atoms with E-state index >= 15 is 0 Å². The molecule has 0 aliphatic carbocycles. The quantitative estimate of drug-likeness (QED) is 0.122. The first-order chi connectivity index (χ1) is 21.6. The summed E-state index contributed by atoms with van der Waals surface area (Å²) in [5, 5.41) is 0. The van der Waals surface area contributed by atoms with Crippen LogP contribution in [-0.4, -0.2) is 104 Å². The average molecular weight is 756 g/mol. The molecule has 0 saturated heterocycles. The van der Waals surface area contributed by atoms with E-state index in [0.29, 0.717) is 91.6 Å². The van der Waals surface area contributed by atoms with E-state index in [1.807, 2.05) is 0 Å². The molecular formula is C24H33Cl6N9O6. The van der Waals surface area contributed by atoms with Crippen LogP contribution in [0.4, 0.5) is 17.1 Å². The minimum atomic E-state index is -0.527. The van der Waals surface area contributed by atoms with Crippen molar-refractivity contribution >= 4 is 86.7 Å². The predicted octanol–water partition coefficient (Wildman–Crippen LogP) is 1.04. The molecule has 0 spiro atoms. The second kappa shape index (κ2) is 22.6. The van der Waals surface area contributed by atoms with Crippen molar-refractivity contribution < 1.29 is 0 Å². The molecule has 0 amide bonds. The molecule has 6 N–H and O–H groups in total. The summed E-state index contributed by atoms with van der Waals surface area (Å²) in [6, 6.07) is 0. The number of alkyl halides is 6. The Morgan fingerprint density at radius 1 is 0.400 bits per heavy atom. The van der Waals surface area contributed by atoms with Gasteiger partial charge in [-0.15, -0.1) is 69.6 Å². The monoisotopic (exact) mass is 753 g/mol. The number of hydrogen-bond donors (Lipinski definition) is 6. The summed E-state index contributed by atoms with van der Waals surface area (Å²) in [6.07, 6.45) is 4.08. The summed E-state index contributed by atoms with van der Waals surface area (Å²) in [7, 11) is 0. The maximum atomic E-state index is 11.4. The van der Waals surface area contributed by atoms with Crippen LogP contribution >= 0.6 is 69.6 Å². The summed E-state index contributed by atoms with van der Waals surface area (Å²) in [5.41, 5.74) is -1.78. The van der Waals surface area contributed by atoms with Crippen molar-refractivity contribution in [3.05, 3.63) is 81.1 Å². The summed E-state index contributed by atoms with van der Waals surface area (Å²) in [6.45, 7) is 3.02. The van der Waals surface area contributed by atoms with E-state index in [4.69, 9.17) is 69.6 Å². The minimum Gasteiger partial charge on any atom is -0.364 e. The first kappa shape index (κ1) is 40.2. The van der Waals surface area contributed by atoms with E-state index in [-0.39, 0.29) is 0 Å². The van der Waals surface area contributed by atoms with Crippen LogP contribution in [0.2, 0.25) is 0 Å². The van der Waals surface area contributed by atoms with Gasteiger partial charge in [-0.3, -0.25) is 29.3 Å². The molecule has 3 heterocycles. The normalized spacial score (nSPS) is 10.3. The Morgan fingerprint density at radius 2 is 0.600 bits per heavy atom. The lowest BCUT2D eigenvalue weighted by molar-refractivity contribution is 0.850. The van der Waals surface area contributed by atoms with Gasteiger partial charge in [0, 0.05) is 93.1 Å². The molecule has 3 rings (SSSR count). The van der Waals surface area contributed by atoms with Crippen molar-refractivity contribution in [1.82, 2.24) is 29.9 Å². The lowest BCUT2D eigenvalue weighted by Crippen LogP contribution is -2.35. The van der Waals surface area contributed by atoms with Crippen molar-refractivity contribution in [2.45, 2.75) is 0 Å². The van der Waals surface area contributed by atoms with E-state index in [1.54, 1.807) is 14.7 Å². The van der Waals surface area contributed by atoms with Gasteiger partial charge in [0.05, 0.1) is 0 Å². The Kier molecular flexibility index (Phi) is 20.2. The van der Waals surface area contributed by atoms with E-state index in [9.17, 15) is 28.8 Å². The average Bonchev–Trinajstić information content (AvgIpc) is 2.98. The Morgan fingerprint density at radius 3 is 0.756 bits per heavy atom. The zero-order chi connectivity index (χ0) is 33.8. The second-order valence-corrected chi connectivity index (χ2v) is 10.7. The van der Waals surface area contributed by atoms with E-state index in [2.05, 4.69) is 29.9 Å². The predicted molar refractivity (Wildman–Crippen MR) is 184 cm³/mol. The molecule has 45 heavy (non-hydrogen) atoms. The van der Waals surface area contributed by atoms with Gasteiger partial charge in [0.1, 0.15) is 17.1 Å². The van der Waals surface area contributed by atoms with Crippen molar-refractivity contribution in [3.63, 3.8) is 0 Å². The van der Waals surface area contributed by atoms with Gasteiger partial charge in [0.15, 0.2) is 0 Å². The molecule has 0 radical (unpaired) electrons. The Bertz CT molecular complexity index is 1420. The maximum Gasteiger partial charge on any atom is 0.325 e. The van der Waals surface area contributed by atoms with Crippen LogP contribution in [0.25, 0.3) is 0 Å². The number of aromatic nitrogens is 6. The fraction of sp³-hybridized carbons (Fsp3) is 0.500. The molecule has 21 heteroatoms. The second-order valence-electron chi connectivity index (χ2n) is 8.47. The van der Waals surface area contributed by atoms with E-state index in [1.165, 1.54) is 18.6 Å². The third-order valence-electron chi connectivity index (χ3n) is 5.55. The minimum absolute atomic E-state index is 0.371. The zero-order valence-corrected chi connectivity index (χ0v) is 28.3. The van der Waals surface area contributed by atoms with Gasteiger partial charge in [0.25, 0.3) is 16.7 Å². The van der Waals surface area contributed by atoms with Crippen molar-refractivity contribution in [1.29, 1.82) is 0 Å². The standard InChI is InChI=1S/3C8H11Cl2N3O2/c3*9-1-3-13(4-2-10)6-5-11-8(15)12-7(6)14/h3*5H,1-4H2,(H2,11,12,14,15).